The molecule has 2 aromatic heterocycles. The van der Waals surface area contributed by atoms with Gasteiger partial charge >= 0.3 is 0 Å². The average Bonchev–Trinajstić information content (AvgIpc) is 3.28. The van der Waals surface area contributed by atoms with Crippen LogP contribution >= 0.6 is 11.3 Å². The van der Waals surface area contributed by atoms with E-state index in [0.717, 1.165) is 35.0 Å². The SMILES string of the molecule is C(=C\c1nc(C2CCC2)cs1)/c1cccc(OCCCc2nn[nH]n2)c1. The Morgan fingerprint density at radius 3 is 3.04 bits per heavy atom. The van der Waals surface area contributed by atoms with Gasteiger partial charge in [-0.1, -0.05) is 29.8 Å². The molecule has 7 heteroatoms. The maximum atomic E-state index is 5.82. The predicted octanol–water partition coefficient (Wildman–Crippen LogP) is 4.11. The summed E-state index contributed by atoms with van der Waals surface area (Å²) in [4.78, 5) is 4.74. The number of nitrogens with one attached hydrogen (secondary N) is 1. The Morgan fingerprint density at radius 1 is 1.27 bits per heavy atom. The number of H-pyrrole nitrogens is 1. The van der Waals surface area contributed by atoms with Crippen LogP contribution in [0.1, 0.15) is 53.7 Å². The highest BCUT2D eigenvalue weighted by Crippen LogP contribution is 2.36. The fourth-order valence-electron chi connectivity index (χ4n) is 2.85. The molecule has 2 heterocycles. The van der Waals surface area contributed by atoms with Crippen molar-refractivity contribution in [1.82, 2.24) is 25.6 Å². The molecular weight excluding hydrogens is 346 g/mol. The van der Waals surface area contributed by atoms with Gasteiger partial charge in [0.05, 0.1) is 12.3 Å². The smallest absolute Gasteiger partial charge is 0.174 e. The van der Waals surface area contributed by atoms with Gasteiger partial charge in [-0.25, -0.2) is 4.98 Å². The van der Waals surface area contributed by atoms with Gasteiger partial charge in [-0.05, 0) is 43.0 Å². The molecule has 134 valence electrons. The van der Waals surface area contributed by atoms with Crippen LogP contribution in [0, 0.1) is 0 Å². The summed E-state index contributed by atoms with van der Waals surface area (Å²) in [5.41, 5.74) is 2.38. The highest BCUT2D eigenvalue weighted by Gasteiger charge is 2.21. The second kappa shape index (κ2) is 8.23. The largest absolute Gasteiger partial charge is 0.494 e. The number of thiazole rings is 1. The van der Waals surface area contributed by atoms with Crippen LogP contribution in [-0.4, -0.2) is 32.2 Å². The number of aromatic amines is 1. The average molecular weight is 367 g/mol. The van der Waals surface area contributed by atoms with Gasteiger partial charge < -0.3 is 4.74 Å². The molecule has 1 saturated carbocycles. The lowest BCUT2D eigenvalue weighted by atomic mass is 9.83. The van der Waals surface area contributed by atoms with E-state index in [4.69, 9.17) is 9.72 Å². The van der Waals surface area contributed by atoms with Crippen LogP contribution < -0.4 is 4.74 Å². The molecule has 1 aromatic carbocycles. The molecule has 0 atom stereocenters. The van der Waals surface area contributed by atoms with E-state index in [9.17, 15) is 0 Å². The fraction of sp³-hybridized carbons (Fsp3) is 0.368. The van der Waals surface area contributed by atoms with E-state index in [1.165, 1.54) is 25.0 Å². The second-order valence-electron chi connectivity index (χ2n) is 6.42. The highest BCUT2D eigenvalue weighted by atomic mass is 32.1. The van der Waals surface area contributed by atoms with E-state index >= 15 is 0 Å². The summed E-state index contributed by atoms with van der Waals surface area (Å²) in [5, 5.41) is 17.1. The van der Waals surface area contributed by atoms with Gasteiger partial charge in [0.1, 0.15) is 10.8 Å². The zero-order valence-corrected chi connectivity index (χ0v) is 15.3. The van der Waals surface area contributed by atoms with Crippen molar-refractivity contribution in [2.75, 3.05) is 6.61 Å². The van der Waals surface area contributed by atoms with Crippen LogP contribution in [0.2, 0.25) is 0 Å². The molecule has 0 radical (unpaired) electrons. The first-order valence-electron chi connectivity index (χ1n) is 8.95. The standard InChI is InChI=1S/C19H21N5OS/c1-4-14(9-10-19-20-17(13-26-19)15-5-2-6-15)12-16(7-1)25-11-3-8-18-21-23-24-22-18/h1,4,7,9-10,12-13,15H,2-3,5-6,8,11H2,(H,21,22,23,24)/b10-9+. The van der Waals surface area contributed by atoms with E-state index in [1.807, 2.05) is 18.2 Å². The molecule has 0 amide bonds. The minimum absolute atomic E-state index is 0.624. The second-order valence-corrected chi connectivity index (χ2v) is 7.31. The molecule has 1 fully saturated rings. The van der Waals surface area contributed by atoms with Gasteiger partial charge in [0.25, 0.3) is 0 Å². The number of nitrogens with zero attached hydrogens (tertiary/aromatic N) is 4. The summed E-state index contributed by atoms with van der Waals surface area (Å²) in [6.45, 7) is 0.624. The first kappa shape index (κ1) is 16.9. The number of aryl methyl sites for hydroxylation is 1. The van der Waals surface area contributed by atoms with Crippen LogP contribution in [0.5, 0.6) is 5.75 Å². The molecule has 0 bridgehead atoms. The Bertz CT molecular complexity index is 854. The molecule has 3 aromatic rings. The van der Waals surface area contributed by atoms with Crippen molar-refractivity contribution in [2.24, 2.45) is 0 Å². The zero-order valence-electron chi connectivity index (χ0n) is 14.5. The fourth-order valence-corrected chi connectivity index (χ4v) is 3.64. The first-order chi connectivity index (χ1) is 12.9. The van der Waals surface area contributed by atoms with Gasteiger partial charge in [-0.3, -0.25) is 0 Å². The van der Waals surface area contributed by atoms with Gasteiger partial charge in [0.2, 0.25) is 0 Å². The molecule has 1 aliphatic rings. The van der Waals surface area contributed by atoms with Gasteiger partial charge in [-0.2, -0.15) is 5.21 Å². The summed E-state index contributed by atoms with van der Waals surface area (Å²) in [5.74, 6) is 2.28. The highest BCUT2D eigenvalue weighted by molar-refractivity contribution is 7.10. The van der Waals surface area contributed by atoms with Crippen LogP contribution in [-0.2, 0) is 6.42 Å². The third-order valence-corrected chi connectivity index (χ3v) is 5.37. The van der Waals surface area contributed by atoms with Crippen molar-refractivity contribution in [3.63, 3.8) is 0 Å². The van der Waals surface area contributed by atoms with Crippen molar-refractivity contribution >= 4 is 23.5 Å². The predicted molar refractivity (Wildman–Crippen MR) is 102 cm³/mol. The minimum atomic E-state index is 0.624. The quantitative estimate of drug-likeness (QED) is 0.607. The number of tetrazole rings is 1. The van der Waals surface area contributed by atoms with E-state index < -0.39 is 0 Å². The van der Waals surface area contributed by atoms with Crippen LogP contribution in [0.4, 0.5) is 0 Å². The summed E-state index contributed by atoms with van der Waals surface area (Å²) < 4.78 is 5.82. The number of hydrogen-bond donors (Lipinski definition) is 1. The van der Waals surface area contributed by atoms with Gasteiger partial charge in [0, 0.05) is 17.7 Å². The van der Waals surface area contributed by atoms with Crippen LogP contribution in [0.3, 0.4) is 0 Å². The van der Waals surface area contributed by atoms with E-state index in [-0.39, 0.29) is 0 Å². The molecule has 0 aliphatic heterocycles. The van der Waals surface area contributed by atoms with Crippen molar-refractivity contribution in [2.45, 2.75) is 38.0 Å². The lowest BCUT2D eigenvalue weighted by molar-refractivity contribution is 0.310. The molecule has 6 nitrogen and oxygen atoms in total. The van der Waals surface area contributed by atoms with Crippen molar-refractivity contribution in [3.05, 3.63) is 51.7 Å². The Hall–Kier alpha value is -2.54. The summed E-state index contributed by atoms with van der Waals surface area (Å²) in [6.07, 6.45) is 9.71. The molecule has 4 rings (SSSR count). The molecule has 0 spiro atoms. The van der Waals surface area contributed by atoms with Gasteiger partial charge in [-0.15, -0.1) is 21.5 Å². The first-order valence-corrected chi connectivity index (χ1v) is 9.83. The Kier molecular flexibility index (Phi) is 5.35. The van der Waals surface area contributed by atoms with E-state index in [1.54, 1.807) is 11.3 Å². The number of rotatable bonds is 8. The number of ether oxygens (including phenoxy) is 1. The molecule has 0 saturated heterocycles. The maximum absolute atomic E-state index is 5.82. The Balaban J connectivity index is 1.29. The van der Waals surface area contributed by atoms with Crippen molar-refractivity contribution in [3.8, 4) is 5.75 Å². The molecule has 0 unspecified atom stereocenters. The lowest BCUT2D eigenvalue weighted by Crippen LogP contribution is -2.08. The molecule has 1 aliphatic carbocycles. The monoisotopic (exact) mass is 367 g/mol. The number of aromatic nitrogens is 5. The molecule has 26 heavy (non-hydrogen) atoms. The number of hydrogen-bond acceptors (Lipinski definition) is 6. The van der Waals surface area contributed by atoms with Gasteiger partial charge in [0.15, 0.2) is 5.82 Å². The van der Waals surface area contributed by atoms with Crippen LogP contribution in [0.25, 0.3) is 12.2 Å². The molecule has 1 N–H and O–H groups in total. The third-order valence-electron chi connectivity index (χ3n) is 4.54. The molecular formula is C19H21N5OS. The lowest BCUT2D eigenvalue weighted by Gasteiger charge is -2.22. The topological polar surface area (TPSA) is 76.6 Å². The number of benzene rings is 1. The Morgan fingerprint density at radius 2 is 2.23 bits per heavy atom. The maximum Gasteiger partial charge on any atom is 0.174 e. The minimum Gasteiger partial charge on any atom is -0.494 e. The summed E-state index contributed by atoms with van der Waals surface area (Å²) in [7, 11) is 0. The van der Waals surface area contributed by atoms with Crippen molar-refractivity contribution < 1.29 is 4.74 Å². The van der Waals surface area contributed by atoms with Crippen molar-refractivity contribution in [1.29, 1.82) is 0 Å². The van der Waals surface area contributed by atoms with E-state index in [0.29, 0.717) is 12.5 Å². The van der Waals surface area contributed by atoms with Crippen LogP contribution in [0.15, 0.2) is 29.6 Å². The normalized spacial score (nSPS) is 14.6. The third kappa shape index (κ3) is 4.35. The summed E-state index contributed by atoms with van der Waals surface area (Å²) >= 11 is 1.72. The Labute approximate surface area is 156 Å². The van der Waals surface area contributed by atoms with E-state index in [2.05, 4.69) is 44.2 Å². The summed E-state index contributed by atoms with van der Waals surface area (Å²) in [6, 6.07) is 8.11. The zero-order chi connectivity index (χ0) is 17.6.